The van der Waals surface area contributed by atoms with Gasteiger partial charge in [-0.3, -0.25) is 9.59 Å². The first-order valence-electron chi connectivity index (χ1n) is 15.3. The van der Waals surface area contributed by atoms with Gasteiger partial charge >= 0.3 is 12.4 Å². The zero-order valence-electron chi connectivity index (χ0n) is 26.3. The predicted octanol–water partition coefficient (Wildman–Crippen LogP) is 5.38. The van der Waals surface area contributed by atoms with Gasteiger partial charge in [0.05, 0.1) is 17.4 Å². The lowest BCUT2D eigenvalue weighted by molar-refractivity contribution is -0.392. The van der Waals surface area contributed by atoms with Crippen molar-refractivity contribution < 1.29 is 67.4 Å². The summed E-state index contributed by atoms with van der Waals surface area (Å²) < 4.78 is 160. The molecule has 0 aliphatic carbocycles. The Kier molecular flexibility index (Phi) is 10.3. The minimum atomic E-state index is -6.25. The standard InChI is InChI=1S/C33H29F9N2O6S/c34-23-8-10-24(11-9-23)51(48,49)30(13-15-44(19-30)29(47)20-12-14-43(16-20)28(46)17-45)21-4-6-22(7-5-21)31(32(37,38)39,33(40,41)42)50-18-25-26(35)2-1-3-27(25)36/h1-11,20,45H,12-19H2/t20-,30-/m0/s1. The summed E-state index contributed by atoms with van der Waals surface area (Å²) in [5.41, 5.74) is -8.22. The van der Waals surface area contributed by atoms with E-state index >= 15 is 0 Å². The number of halogens is 9. The fourth-order valence-corrected chi connectivity index (χ4v) is 8.64. The molecule has 8 nitrogen and oxygen atoms in total. The summed E-state index contributed by atoms with van der Waals surface area (Å²) in [6.45, 7) is -3.36. The number of ether oxygens (including phenoxy) is 1. The monoisotopic (exact) mass is 752 g/mol. The topological polar surface area (TPSA) is 104 Å². The molecule has 51 heavy (non-hydrogen) atoms. The smallest absolute Gasteiger partial charge is 0.387 e. The van der Waals surface area contributed by atoms with Gasteiger partial charge in [-0.25, -0.2) is 21.6 Å². The largest absolute Gasteiger partial charge is 0.430 e. The maximum Gasteiger partial charge on any atom is 0.430 e. The Morgan fingerprint density at radius 3 is 1.98 bits per heavy atom. The molecule has 2 amide bonds. The maximum absolute atomic E-state index is 14.5. The van der Waals surface area contributed by atoms with Crippen molar-refractivity contribution in [3.05, 3.63) is 101 Å². The van der Waals surface area contributed by atoms with Crippen LogP contribution in [0, 0.1) is 23.4 Å². The Morgan fingerprint density at radius 2 is 1.43 bits per heavy atom. The fourth-order valence-electron chi connectivity index (χ4n) is 6.56. The van der Waals surface area contributed by atoms with E-state index in [2.05, 4.69) is 4.74 Å². The van der Waals surface area contributed by atoms with Crippen molar-refractivity contribution in [3.8, 4) is 0 Å². The number of nitrogens with zero attached hydrogens (tertiary/aromatic N) is 2. The third kappa shape index (κ3) is 6.68. The van der Waals surface area contributed by atoms with Crippen molar-refractivity contribution in [2.24, 2.45) is 5.92 Å². The van der Waals surface area contributed by atoms with Gasteiger partial charge in [0.2, 0.25) is 11.8 Å². The highest BCUT2D eigenvalue weighted by Gasteiger charge is 2.73. The van der Waals surface area contributed by atoms with E-state index in [-0.39, 0.29) is 38.0 Å². The van der Waals surface area contributed by atoms with Crippen molar-refractivity contribution in [3.63, 3.8) is 0 Å². The molecule has 2 aliphatic rings. The summed E-state index contributed by atoms with van der Waals surface area (Å²) in [4.78, 5) is 27.4. The maximum atomic E-state index is 14.5. The molecule has 3 aromatic carbocycles. The summed E-state index contributed by atoms with van der Waals surface area (Å²) in [5, 5.41) is 9.16. The van der Waals surface area contributed by atoms with Crippen LogP contribution >= 0.6 is 0 Å². The molecule has 0 radical (unpaired) electrons. The first-order valence-corrected chi connectivity index (χ1v) is 16.8. The Morgan fingerprint density at radius 1 is 0.843 bits per heavy atom. The molecule has 0 aromatic heterocycles. The number of sulfone groups is 1. The normalized spacial score (nSPS) is 20.2. The highest BCUT2D eigenvalue weighted by Crippen LogP contribution is 2.54. The molecule has 276 valence electrons. The Labute approximate surface area is 285 Å². The van der Waals surface area contributed by atoms with E-state index in [1.54, 1.807) is 0 Å². The zero-order chi connectivity index (χ0) is 37.6. The van der Waals surface area contributed by atoms with E-state index in [1.807, 2.05) is 0 Å². The minimum absolute atomic E-state index is 0.0745. The quantitative estimate of drug-likeness (QED) is 0.233. The zero-order valence-corrected chi connectivity index (χ0v) is 27.1. The van der Waals surface area contributed by atoms with Crippen LogP contribution in [0.25, 0.3) is 0 Å². The summed E-state index contributed by atoms with van der Waals surface area (Å²) in [6, 6.07) is 7.71. The van der Waals surface area contributed by atoms with E-state index in [1.165, 1.54) is 4.90 Å². The molecular weight excluding hydrogens is 723 g/mol. The number of carbonyl (C=O) groups excluding carboxylic acids is 2. The molecule has 3 aromatic rings. The van der Waals surface area contributed by atoms with Gasteiger partial charge in [-0.15, -0.1) is 0 Å². The number of aliphatic hydroxyl groups is 1. The number of rotatable bonds is 9. The van der Waals surface area contributed by atoms with Crippen molar-refractivity contribution in [2.75, 3.05) is 32.8 Å². The number of amides is 2. The molecule has 18 heteroatoms. The van der Waals surface area contributed by atoms with Crippen molar-refractivity contribution in [1.29, 1.82) is 0 Å². The molecule has 0 unspecified atom stereocenters. The van der Waals surface area contributed by atoms with E-state index in [9.17, 15) is 57.5 Å². The number of carbonyl (C=O) groups is 2. The van der Waals surface area contributed by atoms with Gasteiger partial charge in [0.25, 0.3) is 5.60 Å². The lowest BCUT2D eigenvalue weighted by Crippen LogP contribution is -2.56. The third-order valence-corrected chi connectivity index (χ3v) is 11.8. The van der Waals surface area contributed by atoms with Crippen molar-refractivity contribution in [2.45, 2.75) is 47.0 Å². The van der Waals surface area contributed by atoms with Crippen LogP contribution in [0.4, 0.5) is 39.5 Å². The molecule has 5 rings (SSSR count). The summed E-state index contributed by atoms with van der Waals surface area (Å²) >= 11 is 0. The van der Waals surface area contributed by atoms with Gasteiger partial charge < -0.3 is 19.6 Å². The minimum Gasteiger partial charge on any atom is -0.387 e. The predicted molar refractivity (Wildman–Crippen MR) is 160 cm³/mol. The van der Waals surface area contributed by atoms with Gasteiger partial charge in [-0.2, -0.15) is 26.3 Å². The summed E-state index contributed by atoms with van der Waals surface area (Å²) in [5.74, 6) is -5.70. The first-order chi connectivity index (χ1) is 23.8. The number of benzene rings is 3. The van der Waals surface area contributed by atoms with Crippen LogP contribution in [0.15, 0.2) is 71.6 Å². The number of hydrogen-bond acceptors (Lipinski definition) is 6. The van der Waals surface area contributed by atoms with Gasteiger partial charge in [-0.1, -0.05) is 30.3 Å². The molecule has 0 spiro atoms. The summed E-state index contributed by atoms with van der Waals surface area (Å²) in [7, 11) is -4.67. The van der Waals surface area contributed by atoms with Crippen LogP contribution in [-0.4, -0.2) is 80.3 Å². The number of alkyl halides is 6. The van der Waals surface area contributed by atoms with E-state index < -0.39 is 104 Å². The lowest BCUT2D eigenvalue weighted by atomic mass is 9.88. The Balaban J connectivity index is 1.57. The van der Waals surface area contributed by atoms with Crippen LogP contribution in [0.2, 0.25) is 0 Å². The van der Waals surface area contributed by atoms with Gasteiger partial charge in [0.1, 0.15) is 28.8 Å². The highest BCUT2D eigenvalue weighted by atomic mass is 32.2. The van der Waals surface area contributed by atoms with Crippen LogP contribution in [0.3, 0.4) is 0 Å². The van der Waals surface area contributed by atoms with E-state index in [0.29, 0.717) is 36.4 Å². The van der Waals surface area contributed by atoms with Gasteiger partial charge in [-0.05, 0) is 54.8 Å². The van der Waals surface area contributed by atoms with E-state index in [0.717, 1.165) is 35.2 Å². The third-order valence-electron chi connectivity index (χ3n) is 9.32. The Hall–Kier alpha value is -4.16. The molecule has 0 saturated carbocycles. The SMILES string of the molecule is O=C(CO)N1CC[C@H](C(=O)N2CC[C@](c3ccc(C(OCc4c(F)cccc4F)(C(F)(F)F)C(F)(F)F)cc3)(S(=O)(=O)c3ccc(F)cc3)C2)C1. The van der Waals surface area contributed by atoms with Crippen molar-refractivity contribution in [1.82, 2.24) is 9.80 Å². The first kappa shape index (κ1) is 38.1. The molecule has 2 atom stereocenters. The average molecular weight is 753 g/mol. The van der Waals surface area contributed by atoms with Gasteiger partial charge in [0, 0.05) is 37.3 Å². The molecule has 2 aliphatic heterocycles. The van der Waals surface area contributed by atoms with Crippen LogP contribution in [-0.2, 0) is 41.1 Å². The molecule has 2 fully saturated rings. The van der Waals surface area contributed by atoms with E-state index in [4.69, 9.17) is 5.11 Å². The van der Waals surface area contributed by atoms with Gasteiger partial charge in [0.15, 0.2) is 9.84 Å². The molecule has 1 N–H and O–H groups in total. The van der Waals surface area contributed by atoms with Crippen LogP contribution in [0.5, 0.6) is 0 Å². The number of aliphatic hydroxyl groups excluding tert-OH is 1. The Bertz CT molecular complexity index is 1850. The second kappa shape index (κ2) is 13.8. The lowest BCUT2D eigenvalue weighted by Gasteiger charge is -2.38. The molecule has 2 heterocycles. The molecule has 0 bridgehead atoms. The second-order valence-corrected chi connectivity index (χ2v) is 14.4. The molecule has 2 saturated heterocycles. The second-order valence-electron chi connectivity index (χ2n) is 12.2. The number of hydrogen-bond donors (Lipinski definition) is 1. The fraction of sp³-hybridized carbons (Fsp3) is 0.394. The van der Waals surface area contributed by atoms with Crippen LogP contribution in [0.1, 0.15) is 29.5 Å². The average Bonchev–Trinajstić information content (AvgIpc) is 3.75. The van der Waals surface area contributed by atoms with Crippen molar-refractivity contribution >= 4 is 21.7 Å². The highest BCUT2D eigenvalue weighted by molar-refractivity contribution is 7.92. The summed E-state index contributed by atoms with van der Waals surface area (Å²) in [6.07, 6.45) is -12.7. The van der Waals surface area contributed by atoms with Crippen LogP contribution < -0.4 is 0 Å². The molecular formula is C33H29F9N2O6S. The number of likely N-dealkylation sites (tertiary alicyclic amines) is 2.